The SMILES string of the molecule is CCS(=O)(=O)c1cc(-c2ccc(Cl)c(Cl)c2)cnc1-n1ncc2ccc(C(F)(F)F)cc2c1=O. The predicted octanol–water partition coefficient (Wildman–Crippen LogP) is 5.57. The van der Waals surface area contributed by atoms with Gasteiger partial charge in [-0.25, -0.2) is 13.4 Å². The first kappa shape index (κ1) is 24.2. The van der Waals surface area contributed by atoms with Crippen molar-refractivity contribution in [1.82, 2.24) is 14.8 Å². The number of benzene rings is 2. The Bertz CT molecular complexity index is 1600. The quantitative estimate of drug-likeness (QED) is 0.346. The Labute approximate surface area is 201 Å². The van der Waals surface area contributed by atoms with E-state index in [9.17, 15) is 26.4 Å². The number of halogens is 5. The number of pyridine rings is 1. The van der Waals surface area contributed by atoms with Crippen molar-refractivity contribution in [3.05, 3.63) is 80.8 Å². The van der Waals surface area contributed by atoms with Crippen molar-refractivity contribution in [2.45, 2.75) is 18.0 Å². The topological polar surface area (TPSA) is 81.9 Å². The Morgan fingerprint density at radius 1 is 0.971 bits per heavy atom. The molecule has 0 saturated carbocycles. The van der Waals surface area contributed by atoms with Crippen LogP contribution in [-0.2, 0) is 16.0 Å². The molecule has 2 aromatic carbocycles. The second-order valence-corrected chi connectivity index (χ2v) is 10.3. The molecule has 0 aliphatic carbocycles. The number of fused-ring (bicyclic) bond motifs is 1. The molecule has 0 atom stereocenters. The zero-order chi connectivity index (χ0) is 24.8. The number of hydrogen-bond acceptors (Lipinski definition) is 5. The summed E-state index contributed by atoms with van der Waals surface area (Å²) in [5.74, 6) is -0.637. The third kappa shape index (κ3) is 4.40. The highest BCUT2D eigenvalue weighted by atomic mass is 35.5. The molecule has 0 spiro atoms. The van der Waals surface area contributed by atoms with E-state index in [0.29, 0.717) is 26.9 Å². The molecule has 0 aliphatic heterocycles. The first-order valence-corrected chi connectivity index (χ1v) is 12.1. The standard InChI is InChI=1S/C22H14Cl2F3N3O3S/c1-2-34(32,33)19-8-14(12-4-6-17(23)18(24)7-12)10-28-20(19)30-21(31)16-9-15(22(25,26)27)5-3-13(16)11-29-30/h3-11H,2H2,1H3. The highest BCUT2D eigenvalue weighted by molar-refractivity contribution is 7.91. The van der Waals surface area contributed by atoms with E-state index in [4.69, 9.17) is 23.2 Å². The zero-order valence-electron chi connectivity index (χ0n) is 17.3. The van der Waals surface area contributed by atoms with E-state index in [1.807, 2.05) is 0 Å². The van der Waals surface area contributed by atoms with Gasteiger partial charge in [0.05, 0.1) is 32.9 Å². The normalized spacial score (nSPS) is 12.3. The van der Waals surface area contributed by atoms with E-state index in [1.165, 1.54) is 37.5 Å². The second-order valence-electron chi connectivity index (χ2n) is 7.24. The van der Waals surface area contributed by atoms with Crippen LogP contribution < -0.4 is 5.56 Å². The number of nitrogens with zero attached hydrogens (tertiary/aromatic N) is 3. The molecule has 0 fully saturated rings. The van der Waals surface area contributed by atoms with E-state index in [0.717, 1.165) is 12.1 Å². The second kappa shape index (κ2) is 8.68. The van der Waals surface area contributed by atoms with Gasteiger partial charge in [-0.3, -0.25) is 4.79 Å². The van der Waals surface area contributed by atoms with Crippen LogP contribution in [0.1, 0.15) is 12.5 Å². The maximum absolute atomic E-state index is 13.2. The summed E-state index contributed by atoms with van der Waals surface area (Å²) in [6, 6.07) is 8.66. The maximum Gasteiger partial charge on any atom is 0.416 e. The molecule has 6 nitrogen and oxygen atoms in total. The zero-order valence-corrected chi connectivity index (χ0v) is 19.6. The van der Waals surface area contributed by atoms with Gasteiger partial charge in [0.15, 0.2) is 15.7 Å². The first-order chi connectivity index (χ1) is 15.9. The molecule has 0 aliphatic rings. The fourth-order valence-electron chi connectivity index (χ4n) is 3.28. The molecule has 0 radical (unpaired) electrons. The summed E-state index contributed by atoms with van der Waals surface area (Å²) in [7, 11) is -3.93. The smallest absolute Gasteiger partial charge is 0.267 e. The summed E-state index contributed by atoms with van der Waals surface area (Å²) in [5.41, 5.74) is -1.05. The lowest BCUT2D eigenvalue weighted by Crippen LogP contribution is -2.25. The van der Waals surface area contributed by atoms with Crippen molar-refractivity contribution in [2.24, 2.45) is 0 Å². The number of hydrogen-bond donors (Lipinski definition) is 0. The molecule has 0 unspecified atom stereocenters. The van der Waals surface area contributed by atoms with Gasteiger partial charge in [0, 0.05) is 17.1 Å². The van der Waals surface area contributed by atoms with Crippen LogP contribution in [0.3, 0.4) is 0 Å². The summed E-state index contributed by atoms with van der Waals surface area (Å²) >= 11 is 12.0. The molecule has 34 heavy (non-hydrogen) atoms. The van der Waals surface area contributed by atoms with E-state index < -0.39 is 27.1 Å². The van der Waals surface area contributed by atoms with Crippen LogP contribution in [0.4, 0.5) is 13.2 Å². The lowest BCUT2D eigenvalue weighted by Gasteiger charge is -2.13. The van der Waals surface area contributed by atoms with Gasteiger partial charge in [0.2, 0.25) is 0 Å². The van der Waals surface area contributed by atoms with Gasteiger partial charge >= 0.3 is 6.18 Å². The average Bonchev–Trinajstić information content (AvgIpc) is 2.80. The lowest BCUT2D eigenvalue weighted by molar-refractivity contribution is -0.137. The van der Waals surface area contributed by atoms with Gasteiger partial charge < -0.3 is 0 Å². The van der Waals surface area contributed by atoms with Crippen molar-refractivity contribution >= 4 is 43.8 Å². The summed E-state index contributed by atoms with van der Waals surface area (Å²) in [6.45, 7) is 1.41. The highest BCUT2D eigenvalue weighted by Crippen LogP contribution is 2.32. The molecule has 12 heteroatoms. The summed E-state index contributed by atoms with van der Waals surface area (Å²) in [4.78, 5) is 16.9. The van der Waals surface area contributed by atoms with Crippen LogP contribution in [0.2, 0.25) is 10.0 Å². The largest absolute Gasteiger partial charge is 0.416 e. The summed E-state index contributed by atoms with van der Waals surface area (Å²) in [5, 5.41) is 4.41. The Morgan fingerprint density at radius 2 is 1.71 bits per heavy atom. The van der Waals surface area contributed by atoms with E-state index in [-0.39, 0.29) is 32.3 Å². The van der Waals surface area contributed by atoms with E-state index in [2.05, 4.69) is 10.1 Å². The van der Waals surface area contributed by atoms with Gasteiger partial charge in [0.1, 0.15) is 4.90 Å². The van der Waals surface area contributed by atoms with Crippen molar-refractivity contribution in [3.8, 4) is 16.9 Å². The molecule has 0 bridgehead atoms. The van der Waals surface area contributed by atoms with Gasteiger partial charge in [0.25, 0.3) is 5.56 Å². The minimum atomic E-state index is -4.66. The minimum Gasteiger partial charge on any atom is -0.267 e. The molecular weight excluding hydrogens is 514 g/mol. The molecule has 4 rings (SSSR count). The fraction of sp³-hybridized carbons (Fsp3) is 0.136. The monoisotopic (exact) mass is 527 g/mol. The van der Waals surface area contributed by atoms with Gasteiger partial charge in [-0.2, -0.15) is 23.0 Å². The van der Waals surface area contributed by atoms with Crippen LogP contribution in [0.5, 0.6) is 0 Å². The van der Waals surface area contributed by atoms with Gasteiger partial charge in [-0.15, -0.1) is 0 Å². The Kier molecular flexibility index (Phi) is 6.17. The van der Waals surface area contributed by atoms with Crippen LogP contribution >= 0.6 is 23.2 Å². The average molecular weight is 528 g/mol. The predicted molar refractivity (Wildman–Crippen MR) is 123 cm³/mol. The molecular formula is C22H14Cl2F3N3O3S. The molecule has 0 N–H and O–H groups in total. The molecule has 2 heterocycles. The molecule has 4 aromatic rings. The van der Waals surface area contributed by atoms with Crippen molar-refractivity contribution < 1.29 is 21.6 Å². The Balaban J connectivity index is 1.97. The summed E-state index contributed by atoms with van der Waals surface area (Å²) < 4.78 is 65.9. The maximum atomic E-state index is 13.2. The van der Waals surface area contributed by atoms with E-state index >= 15 is 0 Å². The van der Waals surface area contributed by atoms with Crippen LogP contribution in [0.15, 0.2) is 64.5 Å². The van der Waals surface area contributed by atoms with E-state index in [1.54, 1.807) is 6.07 Å². The van der Waals surface area contributed by atoms with Crippen LogP contribution in [0, 0.1) is 0 Å². The van der Waals surface area contributed by atoms with Crippen molar-refractivity contribution in [2.75, 3.05) is 5.75 Å². The van der Waals surface area contributed by atoms with Crippen LogP contribution in [0.25, 0.3) is 27.7 Å². The molecule has 0 saturated heterocycles. The van der Waals surface area contributed by atoms with Crippen LogP contribution in [-0.4, -0.2) is 28.9 Å². The Morgan fingerprint density at radius 3 is 2.35 bits per heavy atom. The van der Waals surface area contributed by atoms with Crippen molar-refractivity contribution in [1.29, 1.82) is 0 Å². The molecule has 2 aromatic heterocycles. The number of sulfone groups is 1. The lowest BCUT2D eigenvalue weighted by atomic mass is 10.1. The van der Waals surface area contributed by atoms with Crippen molar-refractivity contribution in [3.63, 3.8) is 0 Å². The number of alkyl halides is 3. The van der Waals surface area contributed by atoms with Gasteiger partial charge in [-0.1, -0.05) is 42.3 Å². The minimum absolute atomic E-state index is 0.168. The molecule has 0 amide bonds. The third-order valence-electron chi connectivity index (χ3n) is 5.12. The number of rotatable bonds is 4. The fourth-order valence-corrected chi connectivity index (χ4v) is 4.62. The highest BCUT2D eigenvalue weighted by Gasteiger charge is 2.31. The first-order valence-electron chi connectivity index (χ1n) is 9.70. The third-order valence-corrected chi connectivity index (χ3v) is 7.59. The Hall–Kier alpha value is -2.95. The molecule has 176 valence electrons. The van der Waals surface area contributed by atoms with Gasteiger partial charge in [-0.05, 0) is 35.9 Å². The summed E-state index contributed by atoms with van der Waals surface area (Å²) in [6.07, 6.45) is -2.17. The number of aromatic nitrogens is 3.